The Bertz CT molecular complexity index is 123. The van der Waals surface area contributed by atoms with Gasteiger partial charge in [-0.05, 0) is 25.6 Å². The summed E-state index contributed by atoms with van der Waals surface area (Å²) in [6, 6.07) is 0. The second-order valence-electron chi connectivity index (χ2n) is 3.08. The van der Waals surface area contributed by atoms with Crippen LogP contribution in [0.5, 0.6) is 0 Å². The summed E-state index contributed by atoms with van der Waals surface area (Å²) in [4.78, 5) is 1.95. The summed E-state index contributed by atoms with van der Waals surface area (Å²) in [5.41, 5.74) is 0. The fourth-order valence-corrected chi connectivity index (χ4v) is 2.01. The van der Waals surface area contributed by atoms with E-state index in [0.29, 0.717) is 0 Å². The molecule has 1 aliphatic heterocycles. The molecule has 1 saturated heterocycles. The van der Waals surface area contributed by atoms with Crippen LogP contribution in [0.25, 0.3) is 0 Å². The summed E-state index contributed by atoms with van der Waals surface area (Å²) in [6.45, 7) is 13.4. The first-order valence-corrected chi connectivity index (χ1v) is 7.42. The van der Waals surface area contributed by atoms with E-state index in [9.17, 15) is 5.11 Å². The van der Waals surface area contributed by atoms with Crippen molar-refractivity contribution < 1.29 is 5.11 Å². The molecule has 0 radical (unpaired) electrons. The molecule has 0 saturated carbocycles. The number of likely N-dealkylation sites (tertiary alicyclic amines) is 1. The summed E-state index contributed by atoms with van der Waals surface area (Å²) in [7, 11) is 0. The average molecular weight is 235 g/mol. The van der Waals surface area contributed by atoms with E-state index in [4.69, 9.17) is 0 Å². The molecule has 0 atom stereocenters. The van der Waals surface area contributed by atoms with Gasteiger partial charge in [-0.25, -0.2) is 0 Å². The third-order valence-electron chi connectivity index (χ3n) is 2.46. The fourth-order valence-electron chi connectivity index (χ4n) is 1.42. The Morgan fingerprint density at radius 2 is 1.53 bits per heavy atom. The molecule has 3 heteroatoms. The van der Waals surface area contributed by atoms with Gasteiger partial charge in [0.15, 0.2) is 0 Å². The zero-order chi connectivity index (χ0) is 12.3. The summed E-state index contributed by atoms with van der Waals surface area (Å²) >= 11 is 1.59. The molecule has 0 aromatic carbocycles. The maximum atomic E-state index is 9.83. The quantitative estimate of drug-likeness (QED) is 0.744. The van der Waals surface area contributed by atoms with Gasteiger partial charge in [-0.3, -0.25) is 0 Å². The molecule has 0 aromatic heterocycles. The smallest absolute Gasteiger partial charge is 0.112 e. The number of aliphatic hydroxyl groups is 1. The zero-order valence-corrected chi connectivity index (χ0v) is 12.2. The van der Waals surface area contributed by atoms with Crippen LogP contribution in [-0.2, 0) is 0 Å². The molecule has 0 unspecified atom stereocenters. The van der Waals surface area contributed by atoms with Crippen LogP contribution in [0.4, 0.5) is 0 Å². The number of thioether (sulfide) groups is 1. The van der Waals surface area contributed by atoms with Crippen LogP contribution < -0.4 is 0 Å². The molecule has 0 aliphatic carbocycles. The molecule has 94 valence electrons. The van der Waals surface area contributed by atoms with Crippen LogP contribution in [0.2, 0.25) is 0 Å². The second-order valence-corrected chi connectivity index (χ2v) is 4.25. The molecule has 1 fully saturated rings. The number of rotatable bonds is 2. The lowest BCUT2D eigenvalue weighted by Gasteiger charge is -2.36. The molecule has 0 amide bonds. The molecule has 2 nitrogen and oxygen atoms in total. The average Bonchev–Trinajstić information content (AvgIpc) is 2.35. The first-order chi connectivity index (χ1) is 7.20. The lowest BCUT2D eigenvalue weighted by molar-refractivity contribution is 0.0570. The van der Waals surface area contributed by atoms with E-state index in [1.807, 2.05) is 34.0 Å². The maximum Gasteiger partial charge on any atom is 0.112 e. The van der Waals surface area contributed by atoms with Crippen LogP contribution in [0.1, 0.15) is 47.5 Å². The highest BCUT2D eigenvalue weighted by atomic mass is 32.2. The normalized spacial score (nSPS) is 19.4. The van der Waals surface area contributed by atoms with E-state index in [0.717, 1.165) is 32.5 Å². The molecular formula is C12H29NOS. The van der Waals surface area contributed by atoms with Gasteiger partial charge in [0.05, 0.1) is 0 Å². The molecule has 1 aliphatic rings. The van der Waals surface area contributed by atoms with Gasteiger partial charge >= 0.3 is 0 Å². The molecule has 0 bridgehead atoms. The lowest BCUT2D eigenvalue weighted by atomic mass is 10.1. The first-order valence-electron chi connectivity index (χ1n) is 6.20. The minimum atomic E-state index is -0.425. The zero-order valence-electron chi connectivity index (χ0n) is 11.3. The molecule has 15 heavy (non-hydrogen) atoms. The standard InChI is InChI=1S/C8H17NOS.2C2H6/c1-3-9-6-4-8(10,11-2)5-7-9;2*1-2/h10H,3-7H2,1-2H3;2*1-2H3. The molecule has 1 N–H and O–H groups in total. The first kappa shape index (κ1) is 17.7. The van der Waals surface area contributed by atoms with Gasteiger partial charge in [0, 0.05) is 13.1 Å². The number of nitrogens with zero attached hydrogens (tertiary/aromatic N) is 1. The van der Waals surface area contributed by atoms with E-state index >= 15 is 0 Å². The summed E-state index contributed by atoms with van der Waals surface area (Å²) in [5.74, 6) is 0. The highest BCUT2D eigenvalue weighted by Crippen LogP contribution is 2.30. The van der Waals surface area contributed by atoms with Gasteiger partial charge < -0.3 is 10.0 Å². The molecular weight excluding hydrogens is 206 g/mol. The van der Waals surface area contributed by atoms with Crippen LogP contribution in [0.3, 0.4) is 0 Å². The lowest BCUT2D eigenvalue weighted by Crippen LogP contribution is -2.41. The van der Waals surface area contributed by atoms with Crippen molar-refractivity contribution in [3.05, 3.63) is 0 Å². The van der Waals surface area contributed by atoms with Crippen LogP contribution in [-0.4, -0.2) is 40.8 Å². The molecule has 1 rings (SSSR count). The minimum Gasteiger partial charge on any atom is -0.379 e. The molecule has 1 heterocycles. The Hall–Kier alpha value is 0.270. The second kappa shape index (κ2) is 10.8. The van der Waals surface area contributed by atoms with Gasteiger partial charge in [0.25, 0.3) is 0 Å². The van der Waals surface area contributed by atoms with E-state index in [1.54, 1.807) is 11.8 Å². The Labute approximate surface area is 100 Å². The fraction of sp³-hybridized carbons (Fsp3) is 1.00. The predicted molar refractivity (Wildman–Crippen MR) is 72.5 cm³/mol. The van der Waals surface area contributed by atoms with Gasteiger partial charge in [0.1, 0.15) is 4.93 Å². The monoisotopic (exact) mass is 235 g/mol. The number of piperidine rings is 1. The summed E-state index contributed by atoms with van der Waals surface area (Å²) < 4.78 is 0. The van der Waals surface area contributed by atoms with Gasteiger partial charge in [-0.15, -0.1) is 11.8 Å². The maximum absolute atomic E-state index is 9.83. The summed E-state index contributed by atoms with van der Waals surface area (Å²) in [6.07, 6.45) is 3.83. The Kier molecular flexibility index (Phi) is 12.7. The third kappa shape index (κ3) is 7.20. The predicted octanol–water partition coefficient (Wildman–Crippen LogP) is 3.21. The van der Waals surface area contributed by atoms with Crippen LogP contribution in [0, 0.1) is 0 Å². The molecule has 0 spiro atoms. The van der Waals surface area contributed by atoms with Crippen molar-refractivity contribution >= 4 is 11.8 Å². The Morgan fingerprint density at radius 3 is 1.80 bits per heavy atom. The van der Waals surface area contributed by atoms with Gasteiger partial charge in [0.2, 0.25) is 0 Å². The summed E-state index contributed by atoms with van der Waals surface area (Å²) in [5, 5.41) is 9.83. The number of hydrogen-bond donors (Lipinski definition) is 1. The van der Waals surface area contributed by atoms with Crippen molar-refractivity contribution in [1.82, 2.24) is 4.90 Å². The highest BCUT2D eigenvalue weighted by molar-refractivity contribution is 7.99. The van der Waals surface area contributed by atoms with Crippen molar-refractivity contribution in [3.63, 3.8) is 0 Å². The van der Waals surface area contributed by atoms with Crippen molar-refractivity contribution in [3.8, 4) is 0 Å². The topological polar surface area (TPSA) is 23.5 Å². The van der Waals surface area contributed by atoms with Gasteiger partial charge in [-0.2, -0.15) is 0 Å². The van der Waals surface area contributed by atoms with Crippen molar-refractivity contribution in [2.24, 2.45) is 0 Å². The molecule has 0 aromatic rings. The van der Waals surface area contributed by atoms with Crippen LogP contribution >= 0.6 is 11.8 Å². The SMILES string of the molecule is CC.CC.CCN1CCC(O)(SC)CC1. The minimum absolute atomic E-state index is 0.425. The largest absolute Gasteiger partial charge is 0.379 e. The van der Waals surface area contributed by atoms with Crippen molar-refractivity contribution in [2.75, 3.05) is 25.9 Å². The van der Waals surface area contributed by atoms with E-state index in [-0.39, 0.29) is 0 Å². The van der Waals surface area contributed by atoms with Crippen molar-refractivity contribution in [1.29, 1.82) is 0 Å². The van der Waals surface area contributed by atoms with Crippen LogP contribution in [0.15, 0.2) is 0 Å². The van der Waals surface area contributed by atoms with E-state index in [2.05, 4.69) is 11.8 Å². The van der Waals surface area contributed by atoms with Gasteiger partial charge in [-0.1, -0.05) is 34.6 Å². The van der Waals surface area contributed by atoms with Crippen molar-refractivity contribution in [2.45, 2.75) is 52.4 Å². The third-order valence-corrected chi connectivity index (χ3v) is 3.63. The highest BCUT2D eigenvalue weighted by Gasteiger charge is 2.30. The van der Waals surface area contributed by atoms with E-state index < -0.39 is 4.93 Å². The van der Waals surface area contributed by atoms with E-state index in [1.165, 1.54) is 0 Å². The number of hydrogen-bond acceptors (Lipinski definition) is 3. The Morgan fingerprint density at radius 1 is 1.13 bits per heavy atom. The Balaban J connectivity index is 0.